The van der Waals surface area contributed by atoms with Crippen LogP contribution in [0.2, 0.25) is 0 Å². The molecule has 12 heavy (non-hydrogen) atoms. The van der Waals surface area contributed by atoms with E-state index in [2.05, 4.69) is 31.0 Å². The Kier molecular flexibility index (Phi) is 4.02. The zero-order valence-electron chi connectivity index (χ0n) is 8.64. The third-order valence-electron chi connectivity index (χ3n) is 3.07. The molecule has 2 unspecified atom stereocenters. The Hall–Kier alpha value is -0.0800. The minimum absolute atomic E-state index is 0.701. The minimum atomic E-state index is 0.701. The fourth-order valence-corrected chi connectivity index (χ4v) is 1.97. The van der Waals surface area contributed by atoms with E-state index in [9.17, 15) is 0 Å². The standard InChI is InChI=1S/C10H22N2/c1-4-10-8-12(5-2)7-6-11-9(10)3/h9-11H,4-8H2,1-3H3. The van der Waals surface area contributed by atoms with E-state index in [1.165, 1.54) is 26.1 Å². The van der Waals surface area contributed by atoms with E-state index in [-0.39, 0.29) is 0 Å². The molecule has 2 heteroatoms. The Labute approximate surface area is 76.3 Å². The summed E-state index contributed by atoms with van der Waals surface area (Å²) in [6.45, 7) is 11.7. The lowest BCUT2D eigenvalue weighted by Crippen LogP contribution is -2.33. The van der Waals surface area contributed by atoms with Crippen LogP contribution in [-0.2, 0) is 0 Å². The van der Waals surface area contributed by atoms with Crippen molar-refractivity contribution in [3.8, 4) is 0 Å². The number of nitrogens with zero attached hydrogens (tertiary/aromatic N) is 1. The Morgan fingerprint density at radius 1 is 1.42 bits per heavy atom. The number of hydrogen-bond donors (Lipinski definition) is 1. The van der Waals surface area contributed by atoms with Crippen molar-refractivity contribution in [2.75, 3.05) is 26.2 Å². The zero-order chi connectivity index (χ0) is 8.97. The van der Waals surface area contributed by atoms with Crippen molar-refractivity contribution in [1.82, 2.24) is 10.2 Å². The van der Waals surface area contributed by atoms with Crippen LogP contribution in [0.3, 0.4) is 0 Å². The molecule has 1 saturated heterocycles. The van der Waals surface area contributed by atoms with Crippen molar-refractivity contribution in [3.63, 3.8) is 0 Å². The second-order valence-electron chi connectivity index (χ2n) is 3.80. The molecule has 0 radical (unpaired) electrons. The number of rotatable bonds is 2. The van der Waals surface area contributed by atoms with Gasteiger partial charge in [0.2, 0.25) is 0 Å². The summed E-state index contributed by atoms with van der Waals surface area (Å²) in [5, 5.41) is 3.57. The van der Waals surface area contributed by atoms with E-state index in [0.717, 1.165) is 12.5 Å². The van der Waals surface area contributed by atoms with E-state index >= 15 is 0 Å². The van der Waals surface area contributed by atoms with Crippen LogP contribution in [0.15, 0.2) is 0 Å². The SMILES string of the molecule is CCC1CN(CC)CCNC1C. The van der Waals surface area contributed by atoms with Gasteiger partial charge in [0.1, 0.15) is 0 Å². The molecule has 72 valence electrons. The molecule has 2 atom stereocenters. The molecular formula is C10H22N2. The summed E-state index contributed by atoms with van der Waals surface area (Å²) in [4.78, 5) is 2.55. The number of hydrogen-bond acceptors (Lipinski definition) is 2. The van der Waals surface area contributed by atoms with Gasteiger partial charge in [0, 0.05) is 25.7 Å². The van der Waals surface area contributed by atoms with Gasteiger partial charge in [0.05, 0.1) is 0 Å². The predicted molar refractivity (Wildman–Crippen MR) is 53.4 cm³/mol. The van der Waals surface area contributed by atoms with Gasteiger partial charge in [-0.25, -0.2) is 0 Å². The van der Waals surface area contributed by atoms with Crippen LogP contribution < -0.4 is 5.32 Å². The highest BCUT2D eigenvalue weighted by Gasteiger charge is 2.20. The van der Waals surface area contributed by atoms with E-state index in [1.54, 1.807) is 0 Å². The second-order valence-corrected chi connectivity index (χ2v) is 3.80. The molecule has 0 saturated carbocycles. The van der Waals surface area contributed by atoms with Gasteiger partial charge < -0.3 is 10.2 Å². The summed E-state index contributed by atoms with van der Waals surface area (Å²) in [7, 11) is 0. The van der Waals surface area contributed by atoms with Crippen molar-refractivity contribution in [3.05, 3.63) is 0 Å². The largest absolute Gasteiger partial charge is 0.313 e. The van der Waals surface area contributed by atoms with Gasteiger partial charge in [-0.3, -0.25) is 0 Å². The Balaban J connectivity index is 2.46. The molecule has 0 aromatic rings. The summed E-state index contributed by atoms with van der Waals surface area (Å²) < 4.78 is 0. The minimum Gasteiger partial charge on any atom is -0.313 e. The molecule has 2 nitrogen and oxygen atoms in total. The molecule has 1 aliphatic heterocycles. The summed E-state index contributed by atoms with van der Waals surface area (Å²) in [6, 6.07) is 0.701. The van der Waals surface area contributed by atoms with Crippen molar-refractivity contribution in [2.24, 2.45) is 5.92 Å². The lowest BCUT2D eigenvalue weighted by atomic mass is 9.98. The maximum Gasteiger partial charge on any atom is 0.0107 e. The van der Waals surface area contributed by atoms with Crippen molar-refractivity contribution >= 4 is 0 Å². The first-order valence-electron chi connectivity index (χ1n) is 5.23. The van der Waals surface area contributed by atoms with Crippen molar-refractivity contribution in [1.29, 1.82) is 0 Å². The monoisotopic (exact) mass is 170 g/mol. The summed E-state index contributed by atoms with van der Waals surface area (Å²) in [5.74, 6) is 0.840. The third-order valence-corrected chi connectivity index (χ3v) is 3.07. The average molecular weight is 170 g/mol. The molecule has 1 aliphatic rings. The van der Waals surface area contributed by atoms with E-state index in [4.69, 9.17) is 0 Å². The zero-order valence-corrected chi connectivity index (χ0v) is 8.64. The second kappa shape index (κ2) is 4.83. The van der Waals surface area contributed by atoms with Gasteiger partial charge in [-0.05, 0) is 19.4 Å². The smallest absolute Gasteiger partial charge is 0.0107 e. The summed E-state index contributed by atoms with van der Waals surface area (Å²) in [5.41, 5.74) is 0. The Morgan fingerprint density at radius 2 is 2.17 bits per heavy atom. The van der Waals surface area contributed by atoms with Crippen LogP contribution in [0.25, 0.3) is 0 Å². The lowest BCUT2D eigenvalue weighted by molar-refractivity contribution is 0.253. The van der Waals surface area contributed by atoms with E-state index in [0.29, 0.717) is 6.04 Å². The molecule has 1 N–H and O–H groups in total. The van der Waals surface area contributed by atoms with Crippen LogP contribution in [0, 0.1) is 5.92 Å². The van der Waals surface area contributed by atoms with Crippen LogP contribution >= 0.6 is 0 Å². The van der Waals surface area contributed by atoms with Gasteiger partial charge >= 0.3 is 0 Å². The first-order chi connectivity index (χ1) is 5.77. The Bertz CT molecular complexity index is 125. The molecule has 0 bridgehead atoms. The van der Waals surface area contributed by atoms with Crippen LogP contribution in [0.1, 0.15) is 27.2 Å². The maximum atomic E-state index is 3.57. The van der Waals surface area contributed by atoms with Gasteiger partial charge in [0.25, 0.3) is 0 Å². The average Bonchev–Trinajstić information content (AvgIpc) is 2.27. The van der Waals surface area contributed by atoms with Crippen LogP contribution in [-0.4, -0.2) is 37.1 Å². The maximum absolute atomic E-state index is 3.57. The fourth-order valence-electron chi connectivity index (χ4n) is 1.97. The van der Waals surface area contributed by atoms with Crippen LogP contribution in [0.5, 0.6) is 0 Å². The molecule has 0 spiro atoms. The first kappa shape index (κ1) is 10.0. The van der Waals surface area contributed by atoms with Gasteiger partial charge in [-0.15, -0.1) is 0 Å². The highest BCUT2D eigenvalue weighted by molar-refractivity contribution is 4.78. The van der Waals surface area contributed by atoms with Crippen molar-refractivity contribution < 1.29 is 0 Å². The summed E-state index contributed by atoms with van der Waals surface area (Å²) in [6.07, 6.45) is 1.30. The molecule has 1 fully saturated rings. The third kappa shape index (κ3) is 2.46. The quantitative estimate of drug-likeness (QED) is 0.672. The van der Waals surface area contributed by atoms with Gasteiger partial charge in [0.15, 0.2) is 0 Å². The highest BCUT2D eigenvalue weighted by Crippen LogP contribution is 2.12. The van der Waals surface area contributed by atoms with Crippen molar-refractivity contribution in [2.45, 2.75) is 33.2 Å². The molecule has 0 aromatic carbocycles. The fraction of sp³-hybridized carbons (Fsp3) is 1.00. The normalized spacial score (nSPS) is 33.2. The predicted octanol–water partition coefficient (Wildman–Crippen LogP) is 1.33. The molecule has 0 amide bonds. The number of nitrogens with one attached hydrogen (secondary N) is 1. The molecular weight excluding hydrogens is 148 g/mol. The molecule has 0 aliphatic carbocycles. The van der Waals surface area contributed by atoms with Gasteiger partial charge in [-0.1, -0.05) is 20.3 Å². The first-order valence-corrected chi connectivity index (χ1v) is 5.23. The molecule has 0 aromatic heterocycles. The molecule has 1 heterocycles. The lowest BCUT2D eigenvalue weighted by Gasteiger charge is -2.24. The van der Waals surface area contributed by atoms with Crippen LogP contribution in [0.4, 0.5) is 0 Å². The highest BCUT2D eigenvalue weighted by atomic mass is 15.2. The number of likely N-dealkylation sites (N-methyl/N-ethyl adjacent to an activating group) is 1. The topological polar surface area (TPSA) is 15.3 Å². The van der Waals surface area contributed by atoms with E-state index in [1.807, 2.05) is 0 Å². The Morgan fingerprint density at radius 3 is 2.75 bits per heavy atom. The van der Waals surface area contributed by atoms with Gasteiger partial charge in [-0.2, -0.15) is 0 Å². The summed E-state index contributed by atoms with van der Waals surface area (Å²) >= 11 is 0. The molecule has 1 rings (SSSR count). The van der Waals surface area contributed by atoms with E-state index < -0.39 is 0 Å².